The van der Waals surface area contributed by atoms with Crippen LogP contribution in [0.1, 0.15) is 20.8 Å². The van der Waals surface area contributed by atoms with Gasteiger partial charge in [-0.25, -0.2) is 0 Å². The van der Waals surface area contributed by atoms with Crippen molar-refractivity contribution in [1.82, 2.24) is 0 Å². The lowest BCUT2D eigenvalue weighted by molar-refractivity contribution is 0.103. The van der Waals surface area contributed by atoms with Gasteiger partial charge in [0, 0.05) is 10.4 Å². The van der Waals surface area contributed by atoms with Gasteiger partial charge < -0.3 is 5.32 Å². The maximum atomic E-state index is 12.5. The number of hydrogen-bond donors (Lipinski definition) is 1. The first-order valence-corrected chi connectivity index (χ1v) is 7.33. The van der Waals surface area contributed by atoms with E-state index in [2.05, 4.69) is 17.4 Å². The van der Waals surface area contributed by atoms with Crippen LogP contribution in [0, 0.1) is 13.8 Å². The van der Waals surface area contributed by atoms with Gasteiger partial charge in [0.25, 0.3) is 5.91 Å². The number of carbonyl (C=O) groups excluding carboxylic acids is 1. The third-order valence-electron chi connectivity index (χ3n) is 3.44. The number of para-hydroxylation sites is 1. The predicted octanol–water partition coefficient (Wildman–Crippen LogP) is 4.77. The molecule has 1 aromatic heterocycles. The molecule has 3 rings (SSSR count). The number of fused-ring (bicyclic) bond motifs is 1. The molecule has 1 amide bonds. The molecule has 1 heterocycles. The minimum atomic E-state index is -0.0296. The molecular formula is C17H15NOS. The molecule has 0 fully saturated rings. The third kappa shape index (κ3) is 2.21. The van der Waals surface area contributed by atoms with Crippen LogP contribution in [0.4, 0.5) is 5.69 Å². The molecule has 0 unspecified atom stereocenters. The number of amides is 1. The number of aryl methyl sites for hydroxylation is 2. The number of rotatable bonds is 2. The average Bonchev–Trinajstić information content (AvgIpc) is 2.79. The van der Waals surface area contributed by atoms with E-state index in [4.69, 9.17) is 0 Å². The maximum Gasteiger partial charge on any atom is 0.266 e. The molecule has 0 atom stereocenters. The first-order valence-electron chi connectivity index (χ1n) is 6.52. The van der Waals surface area contributed by atoms with Crippen molar-refractivity contribution in [2.45, 2.75) is 13.8 Å². The molecular weight excluding hydrogens is 266 g/mol. The fourth-order valence-corrected chi connectivity index (χ4v) is 3.39. The van der Waals surface area contributed by atoms with Crippen LogP contribution in [0.25, 0.3) is 10.1 Å². The molecule has 0 aliphatic heterocycles. The fourth-order valence-electron chi connectivity index (χ4n) is 2.28. The standard InChI is InChI=1S/C17H15NOS/c1-11-7-3-5-9-14(11)18-17(19)16-12(2)13-8-4-6-10-15(13)20-16/h3-10H,1-2H3,(H,18,19). The van der Waals surface area contributed by atoms with E-state index in [0.717, 1.165) is 31.8 Å². The number of nitrogens with one attached hydrogen (secondary N) is 1. The van der Waals surface area contributed by atoms with E-state index in [1.54, 1.807) is 11.3 Å². The Morgan fingerprint density at radius 3 is 2.45 bits per heavy atom. The van der Waals surface area contributed by atoms with Crippen molar-refractivity contribution < 1.29 is 4.79 Å². The Balaban J connectivity index is 1.97. The van der Waals surface area contributed by atoms with Crippen LogP contribution in [0.5, 0.6) is 0 Å². The molecule has 0 spiro atoms. The molecule has 20 heavy (non-hydrogen) atoms. The molecule has 3 heteroatoms. The summed E-state index contributed by atoms with van der Waals surface area (Å²) in [5.41, 5.74) is 2.99. The lowest BCUT2D eigenvalue weighted by Gasteiger charge is -2.07. The summed E-state index contributed by atoms with van der Waals surface area (Å²) in [7, 11) is 0. The van der Waals surface area contributed by atoms with Crippen LogP contribution in [-0.2, 0) is 0 Å². The van der Waals surface area contributed by atoms with E-state index >= 15 is 0 Å². The van der Waals surface area contributed by atoms with Gasteiger partial charge in [-0.05, 0) is 42.5 Å². The Bertz CT molecular complexity index is 789. The zero-order valence-electron chi connectivity index (χ0n) is 11.4. The second-order valence-corrected chi connectivity index (χ2v) is 5.87. The topological polar surface area (TPSA) is 29.1 Å². The van der Waals surface area contributed by atoms with Crippen molar-refractivity contribution in [3.05, 3.63) is 64.5 Å². The monoisotopic (exact) mass is 281 g/mol. The molecule has 1 N–H and O–H groups in total. The number of thiophene rings is 1. The largest absolute Gasteiger partial charge is 0.321 e. The highest BCUT2D eigenvalue weighted by Gasteiger charge is 2.15. The van der Waals surface area contributed by atoms with E-state index in [-0.39, 0.29) is 5.91 Å². The average molecular weight is 281 g/mol. The van der Waals surface area contributed by atoms with Gasteiger partial charge in [0.2, 0.25) is 0 Å². The van der Waals surface area contributed by atoms with Crippen LogP contribution in [0.3, 0.4) is 0 Å². The number of benzene rings is 2. The van der Waals surface area contributed by atoms with Crippen molar-refractivity contribution in [2.24, 2.45) is 0 Å². The van der Waals surface area contributed by atoms with Gasteiger partial charge in [-0.1, -0.05) is 36.4 Å². The highest BCUT2D eigenvalue weighted by atomic mass is 32.1. The second-order valence-electron chi connectivity index (χ2n) is 4.82. The quantitative estimate of drug-likeness (QED) is 0.720. The van der Waals surface area contributed by atoms with Gasteiger partial charge in [-0.3, -0.25) is 4.79 Å². The molecule has 100 valence electrons. The smallest absolute Gasteiger partial charge is 0.266 e. The minimum absolute atomic E-state index is 0.0296. The van der Waals surface area contributed by atoms with Gasteiger partial charge >= 0.3 is 0 Å². The first-order chi connectivity index (χ1) is 9.66. The van der Waals surface area contributed by atoms with Crippen LogP contribution in [0.15, 0.2) is 48.5 Å². The van der Waals surface area contributed by atoms with Gasteiger partial charge in [0.15, 0.2) is 0 Å². The molecule has 0 saturated carbocycles. The Morgan fingerprint density at radius 2 is 1.70 bits per heavy atom. The zero-order valence-corrected chi connectivity index (χ0v) is 12.3. The zero-order chi connectivity index (χ0) is 14.1. The first kappa shape index (κ1) is 12.9. The van der Waals surface area contributed by atoms with Crippen molar-refractivity contribution in [2.75, 3.05) is 5.32 Å². The second kappa shape index (κ2) is 5.10. The van der Waals surface area contributed by atoms with Crippen LogP contribution < -0.4 is 5.32 Å². The molecule has 0 aliphatic carbocycles. The number of anilines is 1. The molecule has 2 aromatic carbocycles. The summed E-state index contributed by atoms with van der Waals surface area (Å²) in [4.78, 5) is 13.2. The summed E-state index contributed by atoms with van der Waals surface area (Å²) in [5, 5.41) is 4.16. The highest BCUT2D eigenvalue weighted by Crippen LogP contribution is 2.31. The SMILES string of the molecule is Cc1ccccc1NC(=O)c1sc2ccccc2c1C. The van der Waals surface area contributed by atoms with Crippen molar-refractivity contribution in [3.8, 4) is 0 Å². The molecule has 3 aromatic rings. The van der Waals surface area contributed by atoms with E-state index in [9.17, 15) is 4.79 Å². The maximum absolute atomic E-state index is 12.5. The van der Waals surface area contributed by atoms with E-state index < -0.39 is 0 Å². The Labute approximate surface area is 122 Å². The van der Waals surface area contributed by atoms with Crippen molar-refractivity contribution in [3.63, 3.8) is 0 Å². The summed E-state index contributed by atoms with van der Waals surface area (Å²) in [6.45, 7) is 4.00. The van der Waals surface area contributed by atoms with Crippen LogP contribution in [-0.4, -0.2) is 5.91 Å². The highest BCUT2D eigenvalue weighted by molar-refractivity contribution is 7.21. The summed E-state index contributed by atoms with van der Waals surface area (Å²) in [6, 6.07) is 15.9. The van der Waals surface area contributed by atoms with Gasteiger partial charge in [0.1, 0.15) is 0 Å². The molecule has 0 saturated heterocycles. The van der Waals surface area contributed by atoms with Gasteiger partial charge in [0.05, 0.1) is 4.88 Å². The molecule has 0 bridgehead atoms. The van der Waals surface area contributed by atoms with Gasteiger partial charge in [-0.2, -0.15) is 0 Å². The van der Waals surface area contributed by atoms with E-state index in [1.807, 2.05) is 50.2 Å². The number of hydrogen-bond acceptors (Lipinski definition) is 2. The van der Waals surface area contributed by atoms with Gasteiger partial charge in [-0.15, -0.1) is 11.3 Å². The summed E-state index contributed by atoms with van der Waals surface area (Å²) >= 11 is 1.55. The van der Waals surface area contributed by atoms with Crippen LogP contribution >= 0.6 is 11.3 Å². The molecule has 2 nitrogen and oxygen atoms in total. The Hall–Kier alpha value is -2.13. The van der Waals surface area contributed by atoms with Crippen LogP contribution in [0.2, 0.25) is 0 Å². The Kier molecular flexibility index (Phi) is 3.28. The third-order valence-corrected chi connectivity index (χ3v) is 4.71. The van der Waals surface area contributed by atoms with E-state index in [1.165, 1.54) is 0 Å². The summed E-state index contributed by atoms with van der Waals surface area (Å²) in [5.74, 6) is -0.0296. The summed E-state index contributed by atoms with van der Waals surface area (Å²) < 4.78 is 1.15. The normalized spacial score (nSPS) is 10.7. The van der Waals surface area contributed by atoms with Crippen molar-refractivity contribution in [1.29, 1.82) is 0 Å². The summed E-state index contributed by atoms with van der Waals surface area (Å²) in [6.07, 6.45) is 0. The fraction of sp³-hybridized carbons (Fsp3) is 0.118. The minimum Gasteiger partial charge on any atom is -0.321 e. The molecule has 0 aliphatic rings. The number of carbonyl (C=O) groups is 1. The predicted molar refractivity (Wildman–Crippen MR) is 85.7 cm³/mol. The van der Waals surface area contributed by atoms with E-state index in [0.29, 0.717) is 0 Å². The molecule has 0 radical (unpaired) electrons. The Morgan fingerprint density at radius 1 is 1.00 bits per heavy atom. The lowest BCUT2D eigenvalue weighted by Crippen LogP contribution is -2.12. The van der Waals surface area contributed by atoms with Crippen molar-refractivity contribution >= 4 is 33.0 Å². The lowest BCUT2D eigenvalue weighted by atomic mass is 10.1.